The van der Waals surface area contributed by atoms with Gasteiger partial charge in [-0.1, -0.05) is 11.2 Å². The molecule has 8 heteroatoms. The molecule has 0 fully saturated rings. The molecule has 0 aliphatic heterocycles. The molecule has 3 heterocycles. The number of amides is 1. The zero-order valence-electron chi connectivity index (χ0n) is 13.3. The smallest absolute Gasteiger partial charge is 0.275 e. The maximum atomic E-state index is 12.3. The number of rotatable bonds is 5. The quantitative estimate of drug-likeness (QED) is 0.742. The summed E-state index contributed by atoms with van der Waals surface area (Å²) >= 11 is 0. The highest BCUT2D eigenvalue weighted by atomic mass is 16.5. The highest BCUT2D eigenvalue weighted by Gasteiger charge is 2.13. The van der Waals surface area contributed by atoms with Crippen LogP contribution in [0.3, 0.4) is 0 Å². The lowest BCUT2D eigenvalue weighted by Gasteiger charge is -2.07. The molecule has 24 heavy (non-hydrogen) atoms. The second kappa shape index (κ2) is 6.86. The van der Waals surface area contributed by atoms with Crippen LogP contribution in [0.15, 0.2) is 41.1 Å². The maximum Gasteiger partial charge on any atom is 0.275 e. The molecule has 0 saturated heterocycles. The zero-order chi connectivity index (χ0) is 16.9. The molecule has 0 saturated carbocycles. The van der Waals surface area contributed by atoms with Crippen LogP contribution in [0.1, 0.15) is 27.6 Å². The number of hydrogen-bond acceptors (Lipinski definition) is 7. The van der Waals surface area contributed by atoms with Crippen molar-refractivity contribution in [2.45, 2.75) is 20.4 Å². The fraction of sp³-hybridized carbons (Fsp3) is 0.188. The largest absolute Gasteiger partial charge is 0.360 e. The van der Waals surface area contributed by atoms with Crippen LogP contribution in [0, 0.1) is 13.8 Å². The molecule has 8 nitrogen and oxygen atoms in total. The summed E-state index contributed by atoms with van der Waals surface area (Å²) in [6, 6.07) is 8.88. The molecule has 0 aromatic carbocycles. The average molecular weight is 324 g/mol. The van der Waals surface area contributed by atoms with Crippen molar-refractivity contribution in [3.63, 3.8) is 0 Å². The molecule has 3 rings (SSSR count). The monoisotopic (exact) mass is 324 g/mol. The van der Waals surface area contributed by atoms with Crippen molar-refractivity contribution in [2.75, 3.05) is 10.6 Å². The normalized spacial score (nSPS) is 10.4. The first kappa shape index (κ1) is 15.6. The van der Waals surface area contributed by atoms with Gasteiger partial charge in [-0.3, -0.25) is 9.78 Å². The van der Waals surface area contributed by atoms with Crippen LogP contribution in [0.5, 0.6) is 0 Å². The fourth-order valence-corrected chi connectivity index (χ4v) is 2.04. The molecule has 0 aliphatic carbocycles. The van der Waals surface area contributed by atoms with Gasteiger partial charge in [0.25, 0.3) is 5.91 Å². The van der Waals surface area contributed by atoms with Crippen molar-refractivity contribution < 1.29 is 9.32 Å². The molecule has 2 N–H and O–H groups in total. The van der Waals surface area contributed by atoms with Crippen molar-refractivity contribution in [3.05, 3.63) is 59.4 Å². The lowest BCUT2D eigenvalue weighted by Crippen LogP contribution is -2.16. The minimum absolute atomic E-state index is 0.242. The molecule has 0 spiro atoms. The van der Waals surface area contributed by atoms with E-state index in [-0.39, 0.29) is 11.6 Å². The topological polar surface area (TPSA) is 106 Å². The highest BCUT2D eigenvalue weighted by Crippen LogP contribution is 2.11. The van der Waals surface area contributed by atoms with Crippen LogP contribution in [-0.2, 0) is 6.54 Å². The van der Waals surface area contributed by atoms with Gasteiger partial charge in [-0.25, -0.2) is 9.97 Å². The molecule has 0 bridgehead atoms. The van der Waals surface area contributed by atoms with E-state index in [2.05, 4.69) is 30.7 Å². The van der Waals surface area contributed by atoms with Crippen molar-refractivity contribution in [1.82, 2.24) is 20.1 Å². The SMILES string of the molecule is Cc1cc(C(=O)Nc2cc(C)on2)nc(NCc2ccccn2)n1. The third-order valence-electron chi connectivity index (χ3n) is 3.11. The Hall–Kier alpha value is -3.29. The zero-order valence-corrected chi connectivity index (χ0v) is 13.3. The molecule has 0 unspecified atom stereocenters. The van der Waals surface area contributed by atoms with Crippen molar-refractivity contribution in [3.8, 4) is 0 Å². The number of aromatic nitrogens is 4. The third kappa shape index (κ3) is 3.92. The Balaban J connectivity index is 1.72. The predicted octanol–water partition coefficient (Wildman–Crippen LogP) is 2.34. The van der Waals surface area contributed by atoms with Crippen molar-refractivity contribution >= 4 is 17.7 Å². The van der Waals surface area contributed by atoms with Gasteiger partial charge in [0.2, 0.25) is 5.95 Å². The number of carbonyl (C=O) groups excluding carboxylic acids is 1. The van der Waals surface area contributed by atoms with Crippen molar-refractivity contribution in [1.29, 1.82) is 0 Å². The number of nitrogens with zero attached hydrogens (tertiary/aromatic N) is 4. The standard InChI is InChI=1S/C16H16N6O2/c1-10-7-13(15(23)21-14-8-11(2)24-22-14)20-16(19-10)18-9-12-5-3-4-6-17-12/h3-8H,9H2,1-2H3,(H,18,19,20)(H,21,22,23). The summed E-state index contributed by atoms with van der Waals surface area (Å²) in [5, 5.41) is 9.43. The van der Waals surface area contributed by atoms with E-state index in [0.29, 0.717) is 29.8 Å². The molecule has 0 aliphatic rings. The lowest BCUT2D eigenvalue weighted by molar-refractivity contribution is 0.102. The summed E-state index contributed by atoms with van der Waals surface area (Å²) in [7, 11) is 0. The van der Waals surface area contributed by atoms with Crippen LogP contribution < -0.4 is 10.6 Å². The number of carbonyl (C=O) groups is 1. The van der Waals surface area contributed by atoms with Gasteiger partial charge in [0.05, 0.1) is 12.2 Å². The second-order valence-corrected chi connectivity index (χ2v) is 5.17. The predicted molar refractivity (Wildman–Crippen MR) is 87.5 cm³/mol. The first-order valence-electron chi connectivity index (χ1n) is 7.34. The van der Waals surface area contributed by atoms with Gasteiger partial charge >= 0.3 is 0 Å². The van der Waals surface area contributed by atoms with Crippen LogP contribution >= 0.6 is 0 Å². The maximum absolute atomic E-state index is 12.3. The van der Waals surface area contributed by atoms with E-state index in [1.54, 1.807) is 32.2 Å². The Morgan fingerprint density at radius 3 is 2.79 bits per heavy atom. The van der Waals surface area contributed by atoms with E-state index in [9.17, 15) is 4.79 Å². The van der Waals surface area contributed by atoms with Crippen LogP contribution in [0.2, 0.25) is 0 Å². The Morgan fingerprint density at radius 1 is 1.21 bits per heavy atom. The molecule has 1 amide bonds. The number of anilines is 2. The van der Waals surface area contributed by atoms with E-state index in [4.69, 9.17) is 4.52 Å². The summed E-state index contributed by atoms with van der Waals surface area (Å²) in [4.78, 5) is 25.0. The van der Waals surface area contributed by atoms with Crippen molar-refractivity contribution in [2.24, 2.45) is 0 Å². The minimum atomic E-state index is -0.380. The molecule has 3 aromatic heterocycles. The van der Waals surface area contributed by atoms with Gasteiger partial charge in [0.1, 0.15) is 11.5 Å². The van der Waals surface area contributed by atoms with E-state index in [0.717, 1.165) is 5.69 Å². The first-order valence-corrected chi connectivity index (χ1v) is 7.34. The average Bonchev–Trinajstić information content (AvgIpc) is 2.98. The summed E-state index contributed by atoms with van der Waals surface area (Å²) in [5.41, 5.74) is 1.77. The number of pyridine rings is 1. The van der Waals surface area contributed by atoms with Crippen LogP contribution in [-0.4, -0.2) is 26.0 Å². The van der Waals surface area contributed by atoms with Gasteiger partial charge < -0.3 is 15.2 Å². The van der Waals surface area contributed by atoms with E-state index < -0.39 is 0 Å². The Morgan fingerprint density at radius 2 is 2.08 bits per heavy atom. The first-order chi connectivity index (χ1) is 11.6. The minimum Gasteiger partial charge on any atom is -0.360 e. The van der Waals surface area contributed by atoms with Crippen LogP contribution in [0.4, 0.5) is 11.8 Å². The number of hydrogen-bond donors (Lipinski definition) is 2. The number of aryl methyl sites for hydroxylation is 2. The highest BCUT2D eigenvalue weighted by molar-refractivity contribution is 6.02. The van der Waals surface area contributed by atoms with Gasteiger partial charge in [-0.2, -0.15) is 0 Å². The summed E-state index contributed by atoms with van der Waals surface area (Å²) in [6.45, 7) is 4.01. The van der Waals surface area contributed by atoms with Gasteiger partial charge in [-0.15, -0.1) is 0 Å². The lowest BCUT2D eigenvalue weighted by atomic mass is 10.3. The molecule has 0 radical (unpaired) electrons. The van der Waals surface area contributed by atoms with E-state index in [1.165, 1.54) is 0 Å². The van der Waals surface area contributed by atoms with E-state index in [1.807, 2.05) is 18.2 Å². The number of nitrogens with one attached hydrogen (secondary N) is 2. The fourth-order valence-electron chi connectivity index (χ4n) is 2.04. The third-order valence-corrected chi connectivity index (χ3v) is 3.11. The van der Waals surface area contributed by atoms with E-state index >= 15 is 0 Å². The Bertz CT molecular complexity index is 847. The molecular weight excluding hydrogens is 308 g/mol. The second-order valence-electron chi connectivity index (χ2n) is 5.17. The molecular formula is C16H16N6O2. The summed E-state index contributed by atoms with van der Waals surface area (Å²) in [6.07, 6.45) is 1.72. The molecule has 0 atom stereocenters. The van der Waals surface area contributed by atoms with Gasteiger partial charge in [-0.05, 0) is 32.0 Å². The Labute approximate surface area is 138 Å². The van der Waals surface area contributed by atoms with Gasteiger partial charge in [0.15, 0.2) is 5.82 Å². The Kier molecular flexibility index (Phi) is 4.46. The van der Waals surface area contributed by atoms with Gasteiger partial charge in [0, 0.05) is 18.0 Å². The molecule has 3 aromatic rings. The molecule has 122 valence electrons. The summed E-state index contributed by atoms with van der Waals surface area (Å²) < 4.78 is 4.92. The summed E-state index contributed by atoms with van der Waals surface area (Å²) in [5.74, 6) is 0.940. The van der Waals surface area contributed by atoms with Crippen LogP contribution in [0.25, 0.3) is 0 Å².